The van der Waals surface area contributed by atoms with E-state index in [0.29, 0.717) is 19.3 Å². The van der Waals surface area contributed by atoms with Crippen LogP contribution in [0.15, 0.2) is 53.1 Å². The van der Waals surface area contributed by atoms with Crippen molar-refractivity contribution < 1.29 is 24.5 Å². The van der Waals surface area contributed by atoms with Crippen LogP contribution < -0.4 is 0 Å². The van der Waals surface area contributed by atoms with Gasteiger partial charge in [0.15, 0.2) is 11.5 Å². The van der Waals surface area contributed by atoms with Gasteiger partial charge >= 0.3 is 0 Å². The first-order valence-electron chi connectivity index (χ1n) is 12.4. The Bertz CT molecular complexity index is 1110. The molecule has 1 aromatic rings. The molecule has 4 aliphatic carbocycles. The second-order valence-corrected chi connectivity index (χ2v) is 11.0. The number of ketones is 1. The molecule has 3 N–H and O–H groups in total. The highest BCUT2D eigenvalue weighted by molar-refractivity contribution is 6.07. The number of aliphatic imine (C=N–C) groups is 1. The summed E-state index contributed by atoms with van der Waals surface area (Å²) in [7, 11) is 0. The zero-order valence-electron chi connectivity index (χ0n) is 20.0. The first-order valence-corrected chi connectivity index (χ1v) is 12.4. The van der Waals surface area contributed by atoms with E-state index >= 15 is 4.39 Å². The number of fused-ring (bicyclic) bond motifs is 5. The van der Waals surface area contributed by atoms with E-state index in [4.69, 9.17) is 4.99 Å². The minimum atomic E-state index is -1.91. The van der Waals surface area contributed by atoms with Crippen molar-refractivity contribution in [3.05, 3.63) is 53.6 Å². The highest BCUT2D eigenvalue weighted by Gasteiger charge is 2.71. The van der Waals surface area contributed by atoms with E-state index in [1.807, 2.05) is 56.3 Å². The third-order valence-electron chi connectivity index (χ3n) is 9.53. The highest BCUT2D eigenvalue weighted by Crippen LogP contribution is 2.66. The third kappa shape index (κ3) is 3.01. The van der Waals surface area contributed by atoms with Gasteiger partial charge in [0.2, 0.25) is 0 Å². The van der Waals surface area contributed by atoms with Crippen molar-refractivity contribution >= 4 is 17.2 Å². The standard InChI is InChI=1S/C28H34FNO4/c1-16-6-4-5-7-23(16)30-19-10-11-26(3)18(13-19)8-9-21-20-12-17(2)27(34,25(33)15-31)22(20)14-24(32)28(21,26)29/h4-7,10-11,13,17,20-22,24,31-32,34H,8-9,12,14-15H2,1-3H3/t17-,20+,21+,22?,24+,26+,27-,28+/m1/s1. The number of aliphatic hydroxyl groups excluding tert-OH is 2. The number of allylic oxidation sites excluding steroid dienone is 4. The Morgan fingerprint density at radius 1 is 1.24 bits per heavy atom. The first-order chi connectivity index (χ1) is 16.1. The number of hydrogen-bond acceptors (Lipinski definition) is 5. The smallest absolute Gasteiger partial charge is 0.190 e. The van der Waals surface area contributed by atoms with Gasteiger partial charge in [-0.25, -0.2) is 9.38 Å². The summed E-state index contributed by atoms with van der Waals surface area (Å²) in [6.07, 6.45) is 6.07. The number of aliphatic hydroxyl groups is 3. The van der Waals surface area contributed by atoms with E-state index in [-0.39, 0.29) is 12.3 Å². The van der Waals surface area contributed by atoms with Gasteiger partial charge in [0.05, 0.1) is 17.5 Å². The van der Waals surface area contributed by atoms with E-state index in [1.54, 1.807) is 6.92 Å². The Hall–Kier alpha value is -2.15. The number of nitrogens with zero attached hydrogens (tertiary/aromatic N) is 1. The minimum Gasteiger partial charge on any atom is -0.390 e. The van der Waals surface area contributed by atoms with Crippen LogP contribution in [0.5, 0.6) is 0 Å². The van der Waals surface area contributed by atoms with Gasteiger partial charge in [-0.1, -0.05) is 36.8 Å². The van der Waals surface area contributed by atoms with Crippen LogP contribution in [0.4, 0.5) is 10.1 Å². The van der Waals surface area contributed by atoms with Crippen LogP contribution in [-0.2, 0) is 4.79 Å². The molecule has 0 spiro atoms. The summed E-state index contributed by atoms with van der Waals surface area (Å²) in [5.74, 6) is -2.27. The van der Waals surface area contributed by atoms with Crippen molar-refractivity contribution in [1.29, 1.82) is 0 Å². The second-order valence-electron chi connectivity index (χ2n) is 11.0. The average molecular weight is 468 g/mol. The number of para-hydroxylation sites is 1. The summed E-state index contributed by atoms with van der Waals surface area (Å²) in [5.41, 5.74) is -0.981. The summed E-state index contributed by atoms with van der Waals surface area (Å²) >= 11 is 0. The van der Waals surface area contributed by atoms with Gasteiger partial charge in [-0.05, 0) is 75.1 Å². The molecule has 0 amide bonds. The number of aryl methyl sites for hydroxylation is 1. The molecular formula is C28H34FNO4. The van der Waals surface area contributed by atoms with Crippen LogP contribution in [-0.4, -0.2) is 50.8 Å². The number of Topliss-reactive ketones (excluding diaryl/α,β-unsaturated/α-hetero) is 1. The molecule has 0 saturated heterocycles. The number of hydrogen-bond donors (Lipinski definition) is 3. The van der Waals surface area contributed by atoms with Gasteiger partial charge in [-0.2, -0.15) is 0 Å². The van der Waals surface area contributed by atoms with Crippen LogP contribution in [0.1, 0.15) is 45.1 Å². The van der Waals surface area contributed by atoms with Crippen LogP contribution in [0.25, 0.3) is 0 Å². The van der Waals surface area contributed by atoms with Gasteiger partial charge < -0.3 is 15.3 Å². The molecule has 3 fully saturated rings. The summed E-state index contributed by atoms with van der Waals surface area (Å²) < 4.78 is 17.3. The maximum absolute atomic E-state index is 17.3. The summed E-state index contributed by atoms with van der Waals surface area (Å²) in [6.45, 7) is 4.91. The van der Waals surface area contributed by atoms with E-state index < -0.39 is 52.9 Å². The Kier molecular flexibility index (Phi) is 5.51. The van der Waals surface area contributed by atoms with Crippen LogP contribution in [0.2, 0.25) is 0 Å². The quantitative estimate of drug-likeness (QED) is 0.626. The van der Waals surface area contributed by atoms with Gasteiger partial charge in [0, 0.05) is 17.3 Å². The first kappa shape index (κ1) is 23.6. The zero-order chi connectivity index (χ0) is 24.5. The monoisotopic (exact) mass is 467 g/mol. The molecule has 0 radical (unpaired) electrons. The van der Waals surface area contributed by atoms with Crippen LogP contribution in [0.3, 0.4) is 0 Å². The molecule has 8 atom stereocenters. The van der Waals surface area contributed by atoms with E-state index in [1.165, 1.54) is 0 Å². The molecule has 5 nitrogen and oxygen atoms in total. The lowest BCUT2D eigenvalue weighted by molar-refractivity contribution is -0.191. The molecule has 1 aromatic carbocycles. The minimum absolute atomic E-state index is 0.00507. The molecule has 0 aromatic heterocycles. The Morgan fingerprint density at radius 3 is 2.68 bits per heavy atom. The van der Waals surface area contributed by atoms with Crippen LogP contribution in [0, 0.1) is 36.0 Å². The maximum atomic E-state index is 17.3. The molecule has 5 rings (SSSR count). The number of alkyl halides is 1. The van der Waals surface area contributed by atoms with Gasteiger partial charge in [0.1, 0.15) is 12.2 Å². The fourth-order valence-electron chi connectivity index (χ4n) is 7.63. The average Bonchev–Trinajstić information content (AvgIpc) is 3.07. The second kappa shape index (κ2) is 7.94. The van der Waals surface area contributed by atoms with E-state index in [9.17, 15) is 20.1 Å². The number of carbonyl (C=O) groups is 1. The summed E-state index contributed by atoms with van der Waals surface area (Å²) in [4.78, 5) is 17.3. The fraction of sp³-hybridized carbons (Fsp3) is 0.571. The molecule has 4 aliphatic rings. The Morgan fingerprint density at radius 2 is 1.97 bits per heavy atom. The SMILES string of the molecule is Cc1ccccc1N=C1C=C[C@@]2(C)C(=C1)CC[C@H]1[C@@H]3C[C@@H](C)[C@](O)(C(=O)CO)C3C[C@H](O)[C@@]12F. The Balaban J connectivity index is 1.51. The predicted octanol–water partition coefficient (Wildman–Crippen LogP) is 4.02. The van der Waals surface area contributed by atoms with Crippen molar-refractivity contribution in [2.45, 2.75) is 63.8 Å². The van der Waals surface area contributed by atoms with Crippen molar-refractivity contribution in [3.63, 3.8) is 0 Å². The summed E-state index contributed by atoms with van der Waals surface area (Å²) in [5, 5.41) is 32.1. The number of rotatable bonds is 3. The predicted molar refractivity (Wildman–Crippen MR) is 129 cm³/mol. The van der Waals surface area contributed by atoms with E-state index in [0.717, 1.165) is 22.5 Å². The van der Waals surface area contributed by atoms with E-state index in [2.05, 4.69) is 0 Å². The number of benzene rings is 1. The Labute approximate surface area is 200 Å². The summed E-state index contributed by atoms with van der Waals surface area (Å²) in [6, 6.07) is 7.87. The molecule has 182 valence electrons. The maximum Gasteiger partial charge on any atom is 0.190 e. The highest BCUT2D eigenvalue weighted by atomic mass is 19.1. The third-order valence-corrected chi connectivity index (χ3v) is 9.53. The van der Waals surface area contributed by atoms with Crippen LogP contribution >= 0.6 is 0 Å². The fourth-order valence-corrected chi connectivity index (χ4v) is 7.63. The van der Waals surface area contributed by atoms with Crippen molar-refractivity contribution in [1.82, 2.24) is 0 Å². The normalized spacial score (nSPS) is 44.3. The lowest BCUT2D eigenvalue weighted by Gasteiger charge is -2.59. The largest absolute Gasteiger partial charge is 0.390 e. The van der Waals surface area contributed by atoms with Gasteiger partial charge in [0.25, 0.3) is 0 Å². The van der Waals surface area contributed by atoms with Gasteiger partial charge in [-0.3, -0.25) is 4.79 Å². The van der Waals surface area contributed by atoms with Crippen molar-refractivity contribution in [2.24, 2.45) is 34.1 Å². The van der Waals surface area contributed by atoms with Gasteiger partial charge in [-0.15, -0.1) is 0 Å². The molecular weight excluding hydrogens is 433 g/mol. The van der Waals surface area contributed by atoms with Crippen molar-refractivity contribution in [3.8, 4) is 0 Å². The lowest BCUT2D eigenvalue weighted by atomic mass is 9.48. The zero-order valence-corrected chi connectivity index (χ0v) is 20.0. The number of halogens is 1. The molecule has 3 saturated carbocycles. The molecule has 34 heavy (non-hydrogen) atoms. The molecule has 6 heteroatoms. The molecule has 0 heterocycles. The molecule has 0 aliphatic heterocycles. The topological polar surface area (TPSA) is 90.1 Å². The molecule has 1 unspecified atom stereocenters. The molecule has 0 bridgehead atoms. The van der Waals surface area contributed by atoms with Crippen molar-refractivity contribution in [2.75, 3.05) is 6.61 Å². The lowest BCUT2D eigenvalue weighted by Crippen LogP contribution is -2.66. The number of carbonyl (C=O) groups excluding carboxylic acids is 1.